The summed E-state index contributed by atoms with van der Waals surface area (Å²) < 4.78 is 0. The third-order valence-electron chi connectivity index (χ3n) is 2.35. The second-order valence-corrected chi connectivity index (χ2v) is 3.27. The summed E-state index contributed by atoms with van der Waals surface area (Å²) in [6, 6.07) is 5.83. The molecule has 0 unspecified atom stereocenters. The Balaban J connectivity index is 2.30. The Bertz CT molecular complexity index is 336. The summed E-state index contributed by atoms with van der Waals surface area (Å²) in [5, 5.41) is 8.91. The summed E-state index contributed by atoms with van der Waals surface area (Å²) >= 11 is 0. The molecule has 0 saturated carbocycles. The van der Waals surface area contributed by atoms with Gasteiger partial charge in [-0.05, 0) is 16.7 Å². The van der Waals surface area contributed by atoms with Crippen molar-refractivity contribution in [2.75, 3.05) is 0 Å². The van der Waals surface area contributed by atoms with Gasteiger partial charge >= 0.3 is 0 Å². The van der Waals surface area contributed by atoms with E-state index in [0.29, 0.717) is 13.1 Å². The third-order valence-corrected chi connectivity index (χ3v) is 2.35. The van der Waals surface area contributed by atoms with Crippen molar-refractivity contribution in [3.63, 3.8) is 0 Å². The van der Waals surface area contributed by atoms with Crippen LogP contribution in [-0.4, -0.2) is 16.4 Å². The largest absolute Gasteiger partial charge is 0.392 e. The van der Waals surface area contributed by atoms with Gasteiger partial charge in [-0.2, -0.15) is 0 Å². The number of nitrogens with zero attached hydrogens (tertiary/aromatic N) is 1. The number of carbonyl (C=O) groups excluding carboxylic acids is 1. The van der Waals surface area contributed by atoms with E-state index >= 15 is 0 Å². The molecule has 0 saturated heterocycles. The summed E-state index contributed by atoms with van der Waals surface area (Å²) in [6.45, 7) is 1.44. The van der Waals surface area contributed by atoms with E-state index in [9.17, 15) is 4.79 Å². The smallest absolute Gasteiger partial charge is 0.210 e. The van der Waals surface area contributed by atoms with Crippen LogP contribution < -0.4 is 0 Å². The van der Waals surface area contributed by atoms with Crippen LogP contribution in [0.2, 0.25) is 0 Å². The van der Waals surface area contributed by atoms with Crippen LogP contribution in [0.15, 0.2) is 18.2 Å². The van der Waals surface area contributed by atoms with Crippen LogP contribution in [-0.2, 0) is 24.5 Å². The molecule has 0 aliphatic carbocycles. The number of fused-ring (bicyclic) bond motifs is 1. The van der Waals surface area contributed by atoms with Crippen LogP contribution in [0, 0.1) is 0 Å². The number of amides is 1. The maximum absolute atomic E-state index is 10.5. The lowest BCUT2D eigenvalue weighted by Gasteiger charge is -2.04. The zero-order valence-corrected chi connectivity index (χ0v) is 7.23. The Kier molecular flexibility index (Phi) is 2.02. The molecule has 1 aromatic carbocycles. The van der Waals surface area contributed by atoms with E-state index in [1.54, 1.807) is 4.90 Å². The molecule has 0 spiro atoms. The van der Waals surface area contributed by atoms with Gasteiger partial charge in [0, 0.05) is 13.1 Å². The van der Waals surface area contributed by atoms with E-state index in [-0.39, 0.29) is 6.61 Å². The number of benzene rings is 1. The van der Waals surface area contributed by atoms with Crippen LogP contribution in [0.3, 0.4) is 0 Å². The molecule has 1 heterocycles. The highest BCUT2D eigenvalue weighted by Crippen LogP contribution is 2.22. The van der Waals surface area contributed by atoms with Crippen molar-refractivity contribution in [1.82, 2.24) is 4.90 Å². The molecule has 3 heteroatoms. The van der Waals surface area contributed by atoms with Gasteiger partial charge in [0.2, 0.25) is 6.41 Å². The van der Waals surface area contributed by atoms with E-state index in [0.717, 1.165) is 17.5 Å². The van der Waals surface area contributed by atoms with Crippen LogP contribution in [0.4, 0.5) is 0 Å². The molecule has 2 rings (SSSR count). The van der Waals surface area contributed by atoms with Crippen LogP contribution in [0.5, 0.6) is 0 Å². The van der Waals surface area contributed by atoms with Crippen LogP contribution >= 0.6 is 0 Å². The van der Waals surface area contributed by atoms with Crippen molar-refractivity contribution in [2.24, 2.45) is 0 Å². The van der Waals surface area contributed by atoms with Crippen LogP contribution in [0.25, 0.3) is 0 Å². The molecule has 1 aliphatic heterocycles. The predicted octanol–water partition coefficient (Wildman–Crippen LogP) is 0.651. The van der Waals surface area contributed by atoms with Crippen molar-refractivity contribution < 1.29 is 9.90 Å². The first-order valence-corrected chi connectivity index (χ1v) is 4.24. The summed E-state index contributed by atoms with van der Waals surface area (Å²) in [5.74, 6) is 0. The molecule has 0 aromatic heterocycles. The van der Waals surface area contributed by atoms with E-state index < -0.39 is 0 Å². The van der Waals surface area contributed by atoms with E-state index in [2.05, 4.69) is 0 Å². The fourth-order valence-corrected chi connectivity index (χ4v) is 1.65. The molecule has 0 radical (unpaired) electrons. The highest BCUT2D eigenvalue weighted by Gasteiger charge is 2.16. The van der Waals surface area contributed by atoms with E-state index in [1.807, 2.05) is 18.2 Å². The fourth-order valence-electron chi connectivity index (χ4n) is 1.65. The van der Waals surface area contributed by atoms with Crippen molar-refractivity contribution >= 4 is 6.41 Å². The van der Waals surface area contributed by atoms with Gasteiger partial charge in [-0.3, -0.25) is 4.79 Å². The number of aliphatic hydroxyl groups is 1. The average Bonchev–Trinajstić information content (AvgIpc) is 2.58. The Morgan fingerprint density at radius 3 is 2.85 bits per heavy atom. The Morgan fingerprint density at radius 1 is 1.38 bits per heavy atom. The molecular formula is C10H11NO2. The van der Waals surface area contributed by atoms with E-state index in [1.165, 1.54) is 5.56 Å². The van der Waals surface area contributed by atoms with Gasteiger partial charge in [0.05, 0.1) is 6.61 Å². The highest BCUT2D eigenvalue weighted by atomic mass is 16.3. The topological polar surface area (TPSA) is 40.5 Å². The SMILES string of the molecule is O=CN1Cc2ccc(CO)cc2C1. The zero-order chi connectivity index (χ0) is 9.26. The molecule has 0 bridgehead atoms. The van der Waals surface area contributed by atoms with Gasteiger partial charge in [0.15, 0.2) is 0 Å². The minimum absolute atomic E-state index is 0.0639. The van der Waals surface area contributed by atoms with Gasteiger partial charge < -0.3 is 10.0 Å². The lowest BCUT2D eigenvalue weighted by molar-refractivity contribution is -0.118. The maximum Gasteiger partial charge on any atom is 0.210 e. The third kappa shape index (κ3) is 1.42. The number of aliphatic hydroxyl groups excluding tert-OH is 1. The Hall–Kier alpha value is -1.35. The molecule has 1 aromatic rings. The average molecular weight is 177 g/mol. The normalized spacial score (nSPS) is 14.4. The summed E-state index contributed by atoms with van der Waals surface area (Å²) in [4.78, 5) is 12.2. The second-order valence-electron chi connectivity index (χ2n) is 3.27. The minimum Gasteiger partial charge on any atom is -0.392 e. The predicted molar refractivity (Wildman–Crippen MR) is 47.7 cm³/mol. The van der Waals surface area contributed by atoms with Gasteiger partial charge in [-0.1, -0.05) is 18.2 Å². The minimum atomic E-state index is 0.0639. The quantitative estimate of drug-likeness (QED) is 0.674. The second kappa shape index (κ2) is 3.18. The molecule has 1 N–H and O–H groups in total. The molecular weight excluding hydrogens is 166 g/mol. The van der Waals surface area contributed by atoms with Crippen molar-refractivity contribution in [1.29, 1.82) is 0 Å². The van der Waals surface area contributed by atoms with Gasteiger partial charge in [0.25, 0.3) is 0 Å². The molecule has 0 fully saturated rings. The van der Waals surface area contributed by atoms with E-state index in [4.69, 9.17) is 5.11 Å². The zero-order valence-electron chi connectivity index (χ0n) is 7.23. The highest BCUT2D eigenvalue weighted by molar-refractivity contribution is 5.51. The monoisotopic (exact) mass is 177 g/mol. The Labute approximate surface area is 76.6 Å². The first-order chi connectivity index (χ1) is 6.33. The molecule has 1 aliphatic rings. The number of carbonyl (C=O) groups is 1. The van der Waals surface area contributed by atoms with Crippen LogP contribution in [0.1, 0.15) is 16.7 Å². The first kappa shape index (κ1) is 8.26. The number of hydrogen-bond acceptors (Lipinski definition) is 2. The standard InChI is InChI=1S/C10H11NO2/c12-6-8-1-2-9-4-11(7-13)5-10(9)3-8/h1-3,7,12H,4-6H2. The lowest BCUT2D eigenvalue weighted by atomic mass is 10.1. The molecule has 13 heavy (non-hydrogen) atoms. The Morgan fingerprint density at radius 2 is 2.15 bits per heavy atom. The molecule has 3 nitrogen and oxygen atoms in total. The fraction of sp³-hybridized carbons (Fsp3) is 0.300. The number of hydrogen-bond donors (Lipinski definition) is 1. The number of rotatable bonds is 2. The molecule has 1 amide bonds. The molecule has 68 valence electrons. The lowest BCUT2D eigenvalue weighted by Crippen LogP contribution is -2.12. The van der Waals surface area contributed by atoms with Gasteiger partial charge in [-0.15, -0.1) is 0 Å². The summed E-state index contributed by atoms with van der Waals surface area (Å²) in [5.41, 5.74) is 3.24. The van der Waals surface area contributed by atoms with Crippen molar-refractivity contribution in [2.45, 2.75) is 19.7 Å². The maximum atomic E-state index is 10.5. The van der Waals surface area contributed by atoms with Gasteiger partial charge in [0.1, 0.15) is 0 Å². The summed E-state index contributed by atoms with van der Waals surface area (Å²) in [6.07, 6.45) is 0.860. The van der Waals surface area contributed by atoms with Crippen molar-refractivity contribution in [3.8, 4) is 0 Å². The van der Waals surface area contributed by atoms with Crippen molar-refractivity contribution in [3.05, 3.63) is 34.9 Å². The molecule has 0 atom stereocenters. The first-order valence-electron chi connectivity index (χ1n) is 4.24. The van der Waals surface area contributed by atoms with Gasteiger partial charge in [-0.25, -0.2) is 0 Å². The summed E-state index contributed by atoms with van der Waals surface area (Å²) in [7, 11) is 0.